The van der Waals surface area contributed by atoms with Crippen molar-refractivity contribution < 1.29 is 0 Å². The summed E-state index contributed by atoms with van der Waals surface area (Å²) in [6.45, 7) is 2.06. The van der Waals surface area contributed by atoms with E-state index in [9.17, 15) is 0 Å². The van der Waals surface area contributed by atoms with Gasteiger partial charge in [-0.2, -0.15) is 0 Å². The molecule has 0 saturated heterocycles. The number of rotatable bonds is 1. The summed E-state index contributed by atoms with van der Waals surface area (Å²) in [5.74, 6) is 0.473. The lowest BCUT2D eigenvalue weighted by atomic mass is 10.3. The van der Waals surface area contributed by atoms with Gasteiger partial charge in [0.15, 0.2) is 0 Å². The average molecular weight is 181 g/mol. The summed E-state index contributed by atoms with van der Waals surface area (Å²) in [6.07, 6.45) is 3.99. The van der Waals surface area contributed by atoms with Crippen LogP contribution < -0.4 is 0 Å². The van der Waals surface area contributed by atoms with Crippen LogP contribution in [0.1, 0.15) is 11.3 Å². The second-order valence-corrected chi connectivity index (χ2v) is 3.11. The topological polar surface area (TPSA) is 17.3 Å². The molecule has 62 valence electrons. The highest BCUT2D eigenvalue weighted by Gasteiger charge is 1.98. The van der Waals surface area contributed by atoms with E-state index < -0.39 is 0 Å². The van der Waals surface area contributed by atoms with Crippen molar-refractivity contribution in [2.45, 2.75) is 12.8 Å². The molecule has 0 saturated carbocycles. The van der Waals surface area contributed by atoms with Crippen molar-refractivity contribution in [1.82, 2.24) is 9.38 Å². The number of pyridine rings is 1. The first-order valence-corrected chi connectivity index (χ1v) is 4.33. The van der Waals surface area contributed by atoms with Crippen LogP contribution in [0.4, 0.5) is 0 Å². The number of hydrogen-bond donors (Lipinski definition) is 0. The fraction of sp³-hybridized carbons (Fsp3) is 0.222. The second-order valence-electron chi connectivity index (χ2n) is 2.84. The highest BCUT2D eigenvalue weighted by molar-refractivity contribution is 6.16. The molecule has 2 aromatic rings. The van der Waals surface area contributed by atoms with Crippen LogP contribution in [0, 0.1) is 6.92 Å². The molecule has 2 nitrogen and oxygen atoms in total. The maximum absolute atomic E-state index is 5.66. The first-order valence-electron chi connectivity index (χ1n) is 3.80. The van der Waals surface area contributed by atoms with Crippen LogP contribution in [0.3, 0.4) is 0 Å². The maximum atomic E-state index is 5.66. The van der Waals surface area contributed by atoms with E-state index in [0.717, 1.165) is 11.3 Å². The minimum atomic E-state index is 0.473. The summed E-state index contributed by atoms with van der Waals surface area (Å²) in [4.78, 5) is 4.30. The highest BCUT2D eigenvalue weighted by atomic mass is 35.5. The van der Waals surface area contributed by atoms with Crippen molar-refractivity contribution in [3.63, 3.8) is 0 Å². The molecular weight excluding hydrogens is 172 g/mol. The van der Waals surface area contributed by atoms with Crippen molar-refractivity contribution in [2.75, 3.05) is 0 Å². The summed E-state index contributed by atoms with van der Waals surface area (Å²) >= 11 is 5.66. The monoisotopic (exact) mass is 180 g/mol. The zero-order valence-electron chi connectivity index (χ0n) is 6.79. The lowest BCUT2D eigenvalue weighted by Crippen LogP contribution is -1.82. The number of aromatic nitrogens is 2. The molecule has 0 aliphatic carbocycles. The normalized spacial score (nSPS) is 10.8. The van der Waals surface area contributed by atoms with Crippen LogP contribution in [0.15, 0.2) is 24.5 Å². The number of fused-ring (bicyclic) bond motifs is 1. The van der Waals surface area contributed by atoms with Gasteiger partial charge < -0.3 is 4.40 Å². The maximum Gasteiger partial charge on any atom is 0.137 e. The largest absolute Gasteiger partial charge is 0.307 e. The number of aryl methyl sites for hydroxylation is 1. The van der Waals surface area contributed by atoms with Gasteiger partial charge in [-0.3, -0.25) is 0 Å². The van der Waals surface area contributed by atoms with Gasteiger partial charge in [0.2, 0.25) is 0 Å². The summed E-state index contributed by atoms with van der Waals surface area (Å²) in [7, 11) is 0. The van der Waals surface area contributed by atoms with Gasteiger partial charge in [0.05, 0.1) is 11.6 Å². The van der Waals surface area contributed by atoms with E-state index in [-0.39, 0.29) is 0 Å². The second kappa shape index (κ2) is 2.79. The Bertz CT molecular complexity index is 406. The predicted molar refractivity (Wildman–Crippen MR) is 49.5 cm³/mol. The molecule has 0 radical (unpaired) electrons. The molecule has 0 amide bonds. The fourth-order valence-corrected chi connectivity index (χ4v) is 1.35. The Morgan fingerprint density at radius 3 is 3.00 bits per heavy atom. The third kappa shape index (κ3) is 1.18. The van der Waals surface area contributed by atoms with Crippen LogP contribution in [0.2, 0.25) is 0 Å². The molecule has 0 atom stereocenters. The molecule has 0 aliphatic rings. The van der Waals surface area contributed by atoms with E-state index in [1.54, 1.807) is 0 Å². The van der Waals surface area contributed by atoms with Crippen molar-refractivity contribution in [1.29, 1.82) is 0 Å². The predicted octanol–water partition coefficient (Wildman–Crippen LogP) is 2.38. The summed E-state index contributed by atoms with van der Waals surface area (Å²) in [5.41, 5.74) is 3.10. The zero-order valence-corrected chi connectivity index (χ0v) is 7.54. The van der Waals surface area contributed by atoms with Gasteiger partial charge in [0.25, 0.3) is 0 Å². The van der Waals surface area contributed by atoms with Crippen molar-refractivity contribution in [3.05, 3.63) is 35.8 Å². The molecule has 0 fully saturated rings. The standard InChI is InChI=1S/C9H9ClN2/c1-7-2-3-9-11-8(4-10)6-12(9)5-7/h2-3,5-6H,4H2,1H3. The molecule has 0 aromatic carbocycles. The summed E-state index contributed by atoms with van der Waals surface area (Å²) in [5, 5.41) is 0. The third-order valence-electron chi connectivity index (χ3n) is 1.79. The first kappa shape index (κ1) is 7.62. The SMILES string of the molecule is Cc1ccc2nc(CCl)cn2c1. The Hall–Kier alpha value is -1.02. The van der Waals surface area contributed by atoms with Crippen LogP contribution in [-0.4, -0.2) is 9.38 Å². The number of hydrogen-bond acceptors (Lipinski definition) is 1. The zero-order chi connectivity index (χ0) is 8.55. The summed E-state index contributed by atoms with van der Waals surface area (Å²) in [6, 6.07) is 4.03. The minimum absolute atomic E-state index is 0.473. The molecule has 12 heavy (non-hydrogen) atoms. The highest BCUT2D eigenvalue weighted by Crippen LogP contribution is 2.08. The van der Waals surface area contributed by atoms with Gasteiger partial charge in [-0.1, -0.05) is 6.07 Å². The molecule has 0 aliphatic heterocycles. The van der Waals surface area contributed by atoms with E-state index in [4.69, 9.17) is 11.6 Å². The molecule has 2 heterocycles. The minimum Gasteiger partial charge on any atom is -0.307 e. The van der Waals surface area contributed by atoms with Crippen molar-refractivity contribution in [3.8, 4) is 0 Å². The van der Waals surface area contributed by atoms with Crippen LogP contribution in [0.5, 0.6) is 0 Å². The van der Waals surface area contributed by atoms with E-state index in [2.05, 4.69) is 11.9 Å². The Morgan fingerprint density at radius 1 is 1.42 bits per heavy atom. The van der Waals surface area contributed by atoms with Gasteiger partial charge >= 0.3 is 0 Å². The van der Waals surface area contributed by atoms with Crippen molar-refractivity contribution >= 4 is 17.2 Å². The quantitative estimate of drug-likeness (QED) is 0.616. The van der Waals surface area contributed by atoms with E-state index in [0.29, 0.717) is 5.88 Å². The number of alkyl halides is 1. The number of nitrogens with zero attached hydrogens (tertiary/aromatic N) is 2. The number of imidazole rings is 1. The Morgan fingerprint density at radius 2 is 2.25 bits per heavy atom. The molecule has 2 aromatic heterocycles. The van der Waals surface area contributed by atoms with Crippen molar-refractivity contribution in [2.24, 2.45) is 0 Å². The molecule has 0 N–H and O–H groups in total. The Balaban J connectivity index is 2.67. The molecule has 0 unspecified atom stereocenters. The first-order chi connectivity index (χ1) is 5.79. The smallest absolute Gasteiger partial charge is 0.137 e. The lowest BCUT2D eigenvalue weighted by molar-refractivity contribution is 1.15. The van der Waals surface area contributed by atoms with Gasteiger partial charge in [-0.25, -0.2) is 4.98 Å². The van der Waals surface area contributed by atoms with Crippen LogP contribution in [-0.2, 0) is 5.88 Å². The third-order valence-corrected chi connectivity index (χ3v) is 2.06. The van der Waals surface area contributed by atoms with Gasteiger partial charge in [0.1, 0.15) is 5.65 Å². The molecule has 0 bridgehead atoms. The van der Waals surface area contributed by atoms with Gasteiger partial charge in [-0.15, -0.1) is 11.6 Å². The van der Waals surface area contributed by atoms with E-state index in [1.807, 2.05) is 28.9 Å². The lowest BCUT2D eigenvalue weighted by Gasteiger charge is -1.92. The number of halogens is 1. The van der Waals surface area contributed by atoms with Crippen LogP contribution >= 0.6 is 11.6 Å². The van der Waals surface area contributed by atoms with Crippen LogP contribution in [0.25, 0.3) is 5.65 Å². The Kier molecular flexibility index (Phi) is 1.77. The molecular formula is C9H9ClN2. The van der Waals surface area contributed by atoms with Gasteiger partial charge in [0, 0.05) is 12.4 Å². The molecule has 0 spiro atoms. The molecule has 3 heteroatoms. The van der Waals surface area contributed by atoms with E-state index >= 15 is 0 Å². The Labute approximate surface area is 75.8 Å². The van der Waals surface area contributed by atoms with E-state index in [1.165, 1.54) is 5.56 Å². The summed E-state index contributed by atoms with van der Waals surface area (Å²) < 4.78 is 1.99. The molecule has 2 rings (SSSR count). The average Bonchev–Trinajstić information content (AvgIpc) is 2.46. The fourth-order valence-electron chi connectivity index (χ4n) is 1.22. The van der Waals surface area contributed by atoms with Gasteiger partial charge in [-0.05, 0) is 18.6 Å².